The highest BCUT2D eigenvalue weighted by Gasteiger charge is 2.58. The predicted molar refractivity (Wildman–Crippen MR) is 123 cm³/mol. The molecular weight excluding hydrogens is 469 g/mol. The molecule has 0 amide bonds. The lowest BCUT2D eigenvalue weighted by molar-refractivity contribution is -0.188. The molecule has 1 N–H and O–H groups in total. The highest BCUT2D eigenvalue weighted by atomic mass is 127. The molecule has 0 aromatic heterocycles. The maximum Gasteiger partial charge on any atom is 0.193 e. The standard InChI is InChI=1S/C21H33N3O3.HI/c1-21(2)18(16-8-7-11-27-19(16)21)23-20(22-3)24(4)13-14-9-10-15(25-5)12-17(14)26-6;/h9-10,12,16,18-19H,7-8,11,13H2,1-6H3,(H,22,23);1H. The molecule has 3 unspecified atom stereocenters. The molecule has 1 heterocycles. The Morgan fingerprint density at radius 2 is 2.07 bits per heavy atom. The van der Waals surface area contributed by atoms with E-state index in [2.05, 4.69) is 36.1 Å². The number of nitrogens with zero attached hydrogens (tertiary/aromatic N) is 2. The van der Waals surface area contributed by atoms with Crippen molar-refractivity contribution in [3.05, 3.63) is 23.8 Å². The fraction of sp³-hybridized carbons (Fsp3) is 0.667. The number of hydrogen-bond donors (Lipinski definition) is 1. The average molecular weight is 503 g/mol. The van der Waals surface area contributed by atoms with Crippen molar-refractivity contribution in [1.29, 1.82) is 0 Å². The summed E-state index contributed by atoms with van der Waals surface area (Å²) in [5.41, 5.74) is 1.20. The van der Waals surface area contributed by atoms with Crippen molar-refractivity contribution in [1.82, 2.24) is 10.2 Å². The Hall–Kier alpha value is -1.22. The van der Waals surface area contributed by atoms with Crippen LogP contribution in [0.2, 0.25) is 0 Å². The molecule has 0 bridgehead atoms. The lowest BCUT2D eigenvalue weighted by Gasteiger charge is -2.60. The van der Waals surface area contributed by atoms with Gasteiger partial charge in [-0.2, -0.15) is 0 Å². The maximum atomic E-state index is 6.02. The number of fused-ring (bicyclic) bond motifs is 1. The fourth-order valence-electron chi connectivity index (χ4n) is 4.61. The van der Waals surface area contributed by atoms with Crippen molar-refractivity contribution in [2.45, 2.75) is 45.4 Å². The fourth-order valence-corrected chi connectivity index (χ4v) is 4.61. The second-order valence-corrected chi connectivity index (χ2v) is 8.12. The lowest BCUT2D eigenvalue weighted by Crippen LogP contribution is -2.71. The molecule has 7 heteroatoms. The molecule has 2 fully saturated rings. The Morgan fingerprint density at radius 3 is 2.71 bits per heavy atom. The summed E-state index contributed by atoms with van der Waals surface area (Å²) in [6.45, 7) is 6.17. The van der Waals surface area contributed by atoms with Crippen LogP contribution in [0.3, 0.4) is 0 Å². The van der Waals surface area contributed by atoms with Crippen LogP contribution < -0.4 is 14.8 Å². The minimum Gasteiger partial charge on any atom is -0.497 e. The van der Waals surface area contributed by atoms with Crippen LogP contribution in [-0.4, -0.2) is 57.9 Å². The number of hydrogen-bond acceptors (Lipinski definition) is 4. The van der Waals surface area contributed by atoms with Gasteiger partial charge in [-0.05, 0) is 25.0 Å². The van der Waals surface area contributed by atoms with Gasteiger partial charge < -0.3 is 24.4 Å². The third-order valence-electron chi connectivity index (χ3n) is 6.09. The van der Waals surface area contributed by atoms with Crippen molar-refractivity contribution in [3.8, 4) is 11.5 Å². The van der Waals surface area contributed by atoms with E-state index in [1.54, 1.807) is 14.2 Å². The van der Waals surface area contributed by atoms with Gasteiger partial charge in [0.15, 0.2) is 5.96 Å². The number of methoxy groups -OCH3 is 2. The number of guanidine groups is 1. The molecule has 0 spiro atoms. The monoisotopic (exact) mass is 503 g/mol. The molecule has 158 valence electrons. The highest BCUT2D eigenvalue weighted by molar-refractivity contribution is 14.0. The minimum atomic E-state index is 0. The number of ether oxygens (including phenoxy) is 3. The molecule has 1 aromatic rings. The third kappa shape index (κ3) is 4.35. The van der Waals surface area contributed by atoms with Gasteiger partial charge in [-0.15, -0.1) is 24.0 Å². The van der Waals surface area contributed by atoms with E-state index >= 15 is 0 Å². The Labute approximate surface area is 186 Å². The normalized spacial score (nSPS) is 25.6. The Balaban J connectivity index is 0.00000280. The number of benzene rings is 1. The van der Waals surface area contributed by atoms with Crippen LogP contribution in [-0.2, 0) is 11.3 Å². The molecule has 1 saturated heterocycles. The van der Waals surface area contributed by atoms with Gasteiger partial charge in [0.05, 0.1) is 20.3 Å². The zero-order chi connectivity index (χ0) is 19.6. The predicted octanol–water partition coefficient (Wildman–Crippen LogP) is 3.53. The average Bonchev–Trinajstić information content (AvgIpc) is 2.68. The largest absolute Gasteiger partial charge is 0.497 e. The number of aliphatic imine (C=N–C) groups is 1. The van der Waals surface area contributed by atoms with Crippen molar-refractivity contribution in [3.63, 3.8) is 0 Å². The van der Waals surface area contributed by atoms with E-state index in [1.165, 1.54) is 6.42 Å². The van der Waals surface area contributed by atoms with E-state index in [4.69, 9.17) is 14.2 Å². The second-order valence-electron chi connectivity index (χ2n) is 8.12. The Kier molecular flexibility index (Phi) is 7.84. The zero-order valence-electron chi connectivity index (χ0n) is 17.8. The number of nitrogens with one attached hydrogen (secondary N) is 1. The van der Waals surface area contributed by atoms with Crippen molar-refractivity contribution in [2.24, 2.45) is 16.3 Å². The van der Waals surface area contributed by atoms with Crippen LogP contribution in [0.5, 0.6) is 11.5 Å². The molecule has 1 saturated carbocycles. The molecule has 28 heavy (non-hydrogen) atoms. The van der Waals surface area contributed by atoms with E-state index in [1.807, 2.05) is 25.2 Å². The van der Waals surface area contributed by atoms with Gasteiger partial charge in [-0.1, -0.05) is 13.8 Å². The van der Waals surface area contributed by atoms with E-state index in [-0.39, 0.29) is 29.4 Å². The molecule has 1 aliphatic heterocycles. The minimum absolute atomic E-state index is 0. The summed E-state index contributed by atoms with van der Waals surface area (Å²) in [5, 5.41) is 3.70. The van der Waals surface area contributed by atoms with Gasteiger partial charge in [-0.25, -0.2) is 0 Å². The summed E-state index contributed by atoms with van der Waals surface area (Å²) in [4.78, 5) is 6.66. The molecule has 3 atom stereocenters. The van der Waals surface area contributed by atoms with E-state index in [0.717, 1.165) is 36.0 Å². The molecule has 3 rings (SSSR count). The zero-order valence-corrected chi connectivity index (χ0v) is 20.2. The molecule has 1 aromatic carbocycles. The molecule has 2 aliphatic rings. The van der Waals surface area contributed by atoms with Gasteiger partial charge in [-0.3, -0.25) is 4.99 Å². The highest BCUT2D eigenvalue weighted by Crippen LogP contribution is 2.51. The molecule has 1 aliphatic carbocycles. The number of halogens is 1. The van der Waals surface area contributed by atoms with Crippen molar-refractivity contribution >= 4 is 29.9 Å². The van der Waals surface area contributed by atoms with Crippen LogP contribution >= 0.6 is 24.0 Å². The summed E-state index contributed by atoms with van der Waals surface area (Å²) < 4.78 is 16.9. The summed E-state index contributed by atoms with van der Waals surface area (Å²) in [6, 6.07) is 6.29. The van der Waals surface area contributed by atoms with E-state index in [9.17, 15) is 0 Å². The number of rotatable bonds is 5. The first-order valence-electron chi connectivity index (χ1n) is 9.69. The van der Waals surface area contributed by atoms with Gasteiger partial charge in [0, 0.05) is 56.3 Å². The van der Waals surface area contributed by atoms with Gasteiger partial charge in [0.1, 0.15) is 11.5 Å². The molecule has 0 radical (unpaired) electrons. The molecule has 6 nitrogen and oxygen atoms in total. The van der Waals surface area contributed by atoms with Crippen molar-refractivity contribution in [2.75, 3.05) is 34.9 Å². The first-order valence-corrected chi connectivity index (χ1v) is 9.69. The quantitative estimate of drug-likeness (QED) is 0.379. The van der Waals surface area contributed by atoms with Crippen LogP contribution in [0.15, 0.2) is 23.2 Å². The Bertz CT molecular complexity index is 695. The smallest absolute Gasteiger partial charge is 0.193 e. The van der Waals surface area contributed by atoms with E-state index < -0.39 is 0 Å². The van der Waals surface area contributed by atoms with Gasteiger partial charge in [0.25, 0.3) is 0 Å². The lowest BCUT2D eigenvalue weighted by atomic mass is 9.55. The van der Waals surface area contributed by atoms with Crippen LogP contribution in [0, 0.1) is 11.3 Å². The van der Waals surface area contributed by atoms with Crippen LogP contribution in [0.25, 0.3) is 0 Å². The molecular formula is C21H34IN3O3. The first kappa shape index (κ1) is 23.1. The van der Waals surface area contributed by atoms with Gasteiger partial charge >= 0.3 is 0 Å². The summed E-state index contributed by atoms with van der Waals surface area (Å²) in [6.07, 6.45) is 2.72. The first-order chi connectivity index (χ1) is 12.9. The van der Waals surface area contributed by atoms with Gasteiger partial charge in [0.2, 0.25) is 0 Å². The maximum absolute atomic E-state index is 6.02. The topological polar surface area (TPSA) is 55.3 Å². The van der Waals surface area contributed by atoms with Crippen LogP contribution in [0.4, 0.5) is 0 Å². The van der Waals surface area contributed by atoms with E-state index in [0.29, 0.717) is 24.6 Å². The second kappa shape index (κ2) is 9.52. The summed E-state index contributed by atoms with van der Waals surface area (Å²) >= 11 is 0. The third-order valence-corrected chi connectivity index (χ3v) is 6.09. The Morgan fingerprint density at radius 1 is 1.32 bits per heavy atom. The van der Waals surface area contributed by atoms with Crippen LogP contribution in [0.1, 0.15) is 32.3 Å². The summed E-state index contributed by atoms with van der Waals surface area (Å²) in [7, 11) is 7.24. The summed E-state index contributed by atoms with van der Waals surface area (Å²) in [5.74, 6) is 3.08. The van der Waals surface area contributed by atoms with Crippen molar-refractivity contribution < 1.29 is 14.2 Å². The SMILES string of the molecule is CN=C(NC1C2CCCOC2C1(C)C)N(C)Cc1ccc(OC)cc1OC.I.